The number of hydrogen-bond acceptors (Lipinski definition) is 4. The Morgan fingerprint density at radius 3 is 2.74 bits per heavy atom. The van der Waals surface area contributed by atoms with Gasteiger partial charge in [0, 0.05) is 4.47 Å². The topological polar surface area (TPSA) is 82.2 Å². The first-order valence-electron chi connectivity index (χ1n) is 7.82. The van der Waals surface area contributed by atoms with Crippen LogP contribution in [-0.2, 0) is 0 Å². The van der Waals surface area contributed by atoms with Crippen LogP contribution >= 0.6 is 15.9 Å². The number of anilines is 2. The fraction of sp³-hybridized carbons (Fsp3) is 0.111. The molecule has 1 heterocycles. The second kappa shape index (κ2) is 7.75. The molecule has 3 aromatic rings. The quantitative estimate of drug-likeness (QED) is 0.621. The smallest absolute Gasteiger partial charge is 0.387 e. The normalized spacial score (nSPS) is 10.9. The van der Waals surface area contributed by atoms with Gasteiger partial charge in [-0.2, -0.15) is 13.9 Å². The van der Waals surface area contributed by atoms with Crippen LogP contribution < -0.4 is 15.8 Å². The van der Waals surface area contributed by atoms with E-state index in [4.69, 9.17) is 5.73 Å². The zero-order valence-corrected chi connectivity index (χ0v) is 15.7. The van der Waals surface area contributed by atoms with E-state index in [2.05, 4.69) is 31.1 Å². The molecule has 0 unspecified atom stereocenters. The third-order valence-corrected chi connectivity index (χ3v) is 4.30. The number of amides is 1. The number of nitrogens with zero attached hydrogens (tertiary/aromatic N) is 2. The number of rotatable bonds is 5. The second-order valence-electron chi connectivity index (χ2n) is 5.61. The first-order chi connectivity index (χ1) is 12.9. The lowest BCUT2D eigenvalue weighted by molar-refractivity contribution is -0.0494. The highest BCUT2D eigenvalue weighted by Gasteiger charge is 2.19. The van der Waals surface area contributed by atoms with Gasteiger partial charge < -0.3 is 15.8 Å². The standard InChI is InChI=1S/C18H15BrF2N4O2/c1-10-4-2-3-5-14(10)25-16(22)12(9-23-25)17(26)24-13-7-6-11(19)8-15(13)27-18(20)21/h2-9,18H,22H2,1H3,(H,24,26). The summed E-state index contributed by atoms with van der Waals surface area (Å²) in [5.41, 5.74) is 7.95. The summed E-state index contributed by atoms with van der Waals surface area (Å²) >= 11 is 3.17. The zero-order valence-electron chi connectivity index (χ0n) is 14.1. The monoisotopic (exact) mass is 436 g/mol. The van der Waals surface area contributed by atoms with Gasteiger partial charge >= 0.3 is 6.61 Å². The van der Waals surface area contributed by atoms with Gasteiger partial charge in [0.05, 0.1) is 17.6 Å². The largest absolute Gasteiger partial charge is 0.433 e. The molecular weight excluding hydrogens is 422 g/mol. The van der Waals surface area contributed by atoms with Crippen LogP contribution in [0.4, 0.5) is 20.3 Å². The van der Waals surface area contributed by atoms with Crippen molar-refractivity contribution < 1.29 is 18.3 Å². The highest BCUT2D eigenvalue weighted by molar-refractivity contribution is 9.10. The summed E-state index contributed by atoms with van der Waals surface area (Å²) in [6, 6.07) is 11.8. The third kappa shape index (κ3) is 4.08. The van der Waals surface area contributed by atoms with Gasteiger partial charge in [0.2, 0.25) is 0 Å². The number of nitrogens with one attached hydrogen (secondary N) is 1. The van der Waals surface area contributed by atoms with Crippen molar-refractivity contribution in [2.45, 2.75) is 13.5 Å². The van der Waals surface area contributed by atoms with Gasteiger partial charge in [-0.1, -0.05) is 34.1 Å². The molecule has 27 heavy (non-hydrogen) atoms. The van der Waals surface area contributed by atoms with Crippen molar-refractivity contribution in [3.63, 3.8) is 0 Å². The fourth-order valence-corrected chi connectivity index (χ4v) is 2.85. The lowest BCUT2D eigenvalue weighted by atomic mass is 10.2. The van der Waals surface area contributed by atoms with Crippen LogP contribution in [0.25, 0.3) is 5.69 Å². The predicted molar refractivity (Wildman–Crippen MR) is 101 cm³/mol. The molecule has 0 aliphatic heterocycles. The Morgan fingerprint density at radius 2 is 2.04 bits per heavy atom. The number of para-hydroxylation sites is 1. The maximum Gasteiger partial charge on any atom is 0.387 e. The van der Waals surface area contributed by atoms with E-state index in [1.54, 1.807) is 6.07 Å². The molecule has 3 rings (SSSR count). The Morgan fingerprint density at radius 1 is 1.30 bits per heavy atom. The predicted octanol–water partition coefficient (Wildman–Crippen LogP) is 4.38. The number of hydrogen-bond donors (Lipinski definition) is 2. The summed E-state index contributed by atoms with van der Waals surface area (Å²) in [7, 11) is 0. The van der Waals surface area contributed by atoms with Crippen molar-refractivity contribution in [2.24, 2.45) is 0 Å². The van der Waals surface area contributed by atoms with Gasteiger partial charge in [0.1, 0.15) is 11.4 Å². The Hall–Kier alpha value is -2.94. The average molecular weight is 437 g/mol. The molecule has 3 N–H and O–H groups in total. The van der Waals surface area contributed by atoms with E-state index in [0.29, 0.717) is 4.47 Å². The van der Waals surface area contributed by atoms with Crippen molar-refractivity contribution in [2.75, 3.05) is 11.1 Å². The highest BCUT2D eigenvalue weighted by atomic mass is 79.9. The Labute approximate surface area is 162 Å². The summed E-state index contributed by atoms with van der Waals surface area (Å²) in [6.07, 6.45) is 1.32. The van der Waals surface area contributed by atoms with E-state index in [1.807, 2.05) is 31.2 Å². The summed E-state index contributed by atoms with van der Waals surface area (Å²) in [5, 5.41) is 6.69. The van der Waals surface area contributed by atoms with Crippen LogP contribution in [0, 0.1) is 6.92 Å². The minimum atomic E-state index is -3.02. The minimum absolute atomic E-state index is 0.0894. The molecule has 0 aliphatic carbocycles. The van der Waals surface area contributed by atoms with Gasteiger partial charge in [0.15, 0.2) is 5.75 Å². The molecule has 9 heteroatoms. The molecule has 140 valence electrons. The van der Waals surface area contributed by atoms with Crippen molar-refractivity contribution in [1.82, 2.24) is 9.78 Å². The fourth-order valence-electron chi connectivity index (χ4n) is 2.51. The zero-order chi connectivity index (χ0) is 19.6. The molecule has 0 atom stereocenters. The van der Waals surface area contributed by atoms with Gasteiger partial charge in [-0.3, -0.25) is 4.79 Å². The maximum atomic E-state index is 12.6. The molecule has 0 spiro atoms. The minimum Gasteiger partial charge on any atom is -0.433 e. The summed E-state index contributed by atoms with van der Waals surface area (Å²) in [5.74, 6) is -0.624. The number of halogens is 3. The van der Waals surface area contributed by atoms with Crippen LogP contribution in [0.2, 0.25) is 0 Å². The van der Waals surface area contributed by atoms with Crippen molar-refractivity contribution in [3.8, 4) is 11.4 Å². The van der Waals surface area contributed by atoms with E-state index in [0.717, 1.165) is 11.3 Å². The lowest BCUT2D eigenvalue weighted by Crippen LogP contribution is -2.15. The molecule has 1 aromatic heterocycles. The first-order valence-corrected chi connectivity index (χ1v) is 8.61. The van der Waals surface area contributed by atoms with E-state index in [-0.39, 0.29) is 22.8 Å². The Balaban J connectivity index is 1.89. The van der Waals surface area contributed by atoms with Gasteiger partial charge in [0.25, 0.3) is 5.91 Å². The number of carbonyl (C=O) groups excluding carboxylic acids is 1. The molecule has 6 nitrogen and oxygen atoms in total. The number of benzene rings is 2. The third-order valence-electron chi connectivity index (χ3n) is 3.80. The highest BCUT2D eigenvalue weighted by Crippen LogP contribution is 2.30. The Bertz CT molecular complexity index is 991. The van der Waals surface area contributed by atoms with Crippen molar-refractivity contribution >= 4 is 33.3 Å². The number of alkyl halides is 2. The average Bonchev–Trinajstić information content (AvgIpc) is 2.98. The maximum absolute atomic E-state index is 12.6. The summed E-state index contributed by atoms with van der Waals surface area (Å²) < 4.78 is 31.6. The van der Waals surface area contributed by atoms with Gasteiger partial charge in [-0.15, -0.1) is 0 Å². The second-order valence-corrected chi connectivity index (χ2v) is 6.53. The van der Waals surface area contributed by atoms with Gasteiger partial charge in [-0.25, -0.2) is 4.68 Å². The van der Waals surface area contributed by atoms with Crippen molar-refractivity contribution in [1.29, 1.82) is 0 Å². The molecule has 1 amide bonds. The molecule has 0 radical (unpaired) electrons. The molecule has 0 saturated carbocycles. The van der Waals surface area contributed by atoms with Crippen LogP contribution in [-0.4, -0.2) is 22.3 Å². The lowest BCUT2D eigenvalue weighted by Gasteiger charge is -2.12. The van der Waals surface area contributed by atoms with Crippen LogP contribution in [0.3, 0.4) is 0 Å². The van der Waals surface area contributed by atoms with Crippen LogP contribution in [0.1, 0.15) is 15.9 Å². The first kappa shape index (κ1) is 18.8. The molecule has 0 bridgehead atoms. The van der Waals surface area contributed by atoms with E-state index >= 15 is 0 Å². The van der Waals surface area contributed by atoms with E-state index < -0.39 is 12.5 Å². The number of nitrogens with two attached hydrogens (primary N) is 1. The summed E-state index contributed by atoms with van der Waals surface area (Å²) in [6.45, 7) is -1.13. The molecule has 0 saturated heterocycles. The number of aromatic nitrogens is 2. The van der Waals surface area contributed by atoms with Crippen LogP contribution in [0.5, 0.6) is 5.75 Å². The van der Waals surface area contributed by atoms with Crippen LogP contribution in [0.15, 0.2) is 53.1 Å². The Kier molecular flexibility index (Phi) is 5.41. The van der Waals surface area contributed by atoms with E-state index in [9.17, 15) is 13.6 Å². The molecule has 0 aliphatic rings. The molecule has 0 fully saturated rings. The van der Waals surface area contributed by atoms with E-state index in [1.165, 1.54) is 23.0 Å². The van der Waals surface area contributed by atoms with Crippen molar-refractivity contribution in [3.05, 3.63) is 64.3 Å². The number of ether oxygens (including phenoxy) is 1. The number of aryl methyl sites for hydroxylation is 1. The number of nitrogen functional groups attached to an aromatic ring is 1. The number of carbonyl (C=O) groups is 1. The summed E-state index contributed by atoms with van der Waals surface area (Å²) in [4.78, 5) is 12.6. The van der Waals surface area contributed by atoms with Gasteiger partial charge in [-0.05, 0) is 36.8 Å². The SMILES string of the molecule is Cc1ccccc1-n1ncc(C(=O)Nc2ccc(Br)cc2OC(F)F)c1N. The molecular formula is C18H15BrF2N4O2. The molecule has 2 aromatic carbocycles.